The van der Waals surface area contributed by atoms with Crippen molar-refractivity contribution in [1.82, 2.24) is 9.21 Å². The highest BCUT2D eigenvalue weighted by Crippen LogP contribution is 2.17. The molecule has 0 aromatic carbocycles. The first kappa shape index (κ1) is 20.4. The molecule has 1 aliphatic heterocycles. The molecule has 1 aliphatic rings. The molecule has 136 valence electrons. The van der Waals surface area contributed by atoms with Crippen LogP contribution >= 0.6 is 0 Å². The zero-order chi connectivity index (χ0) is 17.8. The van der Waals surface area contributed by atoms with E-state index < -0.39 is 19.9 Å². The largest absolute Gasteiger partial charge is 0.342 e. The van der Waals surface area contributed by atoms with Gasteiger partial charge in [0.2, 0.25) is 15.9 Å². The van der Waals surface area contributed by atoms with E-state index in [9.17, 15) is 21.6 Å². The molecule has 0 spiro atoms. The Hall–Kier alpha value is -0.670. The van der Waals surface area contributed by atoms with Gasteiger partial charge in [0.15, 0.2) is 9.84 Å². The first-order valence-corrected chi connectivity index (χ1v) is 11.5. The summed E-state index contributed by atoms with van der Waals surface area (Å²) in [6, 6.07) is -0.296. The van der Waals surface area contributed by atoms with Crippen LogP contribution in [0.25, 0.3) is 0 Å². The van der Waals surface area contributed by atoms with Gasteiger partial charge in [-0.1, -0.05) is 13.8 Å². The van der Waals surface area contributed by atoms with Crippen molar-refractivity contribution in [1.29, 1.82) is 0 Å². The second-order valence-electron chi connectivity index (χ2n) is 6.66. The highest BCUT2D eigenvalue weighted by molar-refractivity contribution is 7.91. The summed E-state index contributed by atoms with van der Waals surface area (Å²) in [4.78, 5) is 13.7. The van der Waals surface area contributed by atoms with E-state index in [0.29, 0.717) is 18.9 Å². The zero-order valence-corrected chi connectivity index (χ0v) is 16.0. The van der Waals surface area contributed by atoms with Crippen LogP contribution in [-0.4, -0.2) is 75.9 Å². The molecule has 1 saturated heterocycles. The molecule has 1 fully saturated rings. The summed E-state index contributed by atoms with van der Waals surface area (Å²) in [5, 5.41) is 0. The molecule has 1 unspecified atom stereocenters. The number of carbonyl (C=O) groups is 1. The quantitative estimate of drug-likeness (QED) is 0.616. The van der Waals surface area contributed by atoms with Gasteiger partial charge in [-0.3, -0.25) is 4.79 Å². The molecular formula is C14H28N2O5S2. The molecule has 0 aromatic rings. The fraction of sp³-hybridized carbons (Fsp3) is 0.929. The second-order valence-corrected chi connectivity index (χ2v) is 10.9. The van der Waals surface area contributed by atoms with Crippen molar-refractivity contribution >= 4 is 25.8 Å². The van der Waals surface area contributed by atoms with Crippen LogP contribution < -0.4 is 0 Å². The van der Waals surface area contributed by atoms with E-state index in [-0.39, 0.29) is 36.4 Å². The number of rotatable bonds is 8. The molecule has 23 heavy (non-hydrogen) atoms. The van der Waals surface area contributed by atoms with E-state index in [4.69, 9.17) is 0 Å². The smallest absolute Gasteiger partial charge is 0.223 e. The Morgan fingerprint density at radius 3 is 2.30 bits per heavy atom. The third-order valence-corrected chi connectivity index (χ3v) is 7.20. The maximum Gasteiger partial charge on any atom is 0.223 e. The molecule has 0 radical (unpaired) electrons. The van der Waals surface area contributed by atoms with Gasteiger partial charge in [-0.15, -0.1) is 0 Å². The van der Waals surface area contributed by atoms with Crippen molar-refractivity contribution in [3.8, 4) is 0 Å². The first-order valence-electron chi connectivity index (χ1n) is 7.83. The minimum atomic E-state index is -3.35. The van der Waals surface area contributed by atoms with Gasteiger partial charge in [-0.25, -0.2) is 21.1 Å². The third-order valence-electron chi connectivity index (χ3n) is 4.15. The van der Waals surface area contributed by atoms with Crippen LogP contribution in [0, 0.1) is 5.92 Å². The molecular weight excluding hydrogens is 340 g/mol. The number of hydrogen-bond donors (Lipinski definition) is 0. The summed E-state index contributed by atoms with van der Waals surface area (Å²) in [6.45, 7) is 4.55. The third kappa shape index (κ3) is 6.76. The van der Waals surface area contributed by atoms with Crippen molar-refractivity contribution in [3.05, 3.63) is 0 Å². The van der Waals surface area contributed by atoms with Crippen molar-refractivity contribution in [2.24, 2.45) is 5.92 Å². The maximum absolute atomic E-state index is 12.2. The van der Waals surface area contributed by atoms with E-state index in [0.717, 1.165) is 12.7 Å². The Balaban J connectivity index is 2.58. The molecule has 0 aliphatic carbocycles. The van der Waals surface area contributed by atoms with E-state index in [1.54, 1.807) is 7.05 Å². The average molecular weight is 369 g/mol. The molecule has 0 aromatic heterocycles. The molecule has 9 heteroatoms. The van der Waals surface area contributed by atoms with Gasteiger partial charge in [-0.2, -0.15) is 0 Å². The van der Waals surface area contributed by atoms with Crippen LogP contribution in [0.3, 0.4) is 0 Å². The van der Waals surface area contributed by atoms with Crippen LogP contribution in [0.4, 0.5) is 0 Å². The summed E-state index contributed by atoms with van der Waals surface area (Å²) in [5.74, 6) is 0.268. The fourth-order valence-electron chi connectivity index (χ4n) is 2.53. The van der Waals surface area contributed by atoms with E-state index >= 15 is 0 Å². The predicted molar refractivity (Wildman–Crippen MR) is 90.3 cm³/mol. The van der Waals surface area contributed by atoms with Crippen LogP contribution in [0.5, 0.6) is 0 Å². The van der Waals surface area contributed by atoms with Gasteiger partial charge in [0.05, 0.1) is 17.8 Å². The molecule has 0 N–H and O–H groups in total. The number of carbonyl (C=O) groups excluding carboxylic acids is 1. The standard InChI is InChI=1S/C14H28N2O5S2/c1-12(2)5-8-16(22(4,18)19)9-6-14(17)15(3)13-7-10-23(20,21)11-13/h12-13H,5-11H2,1-4H3. The topological polar surface area (TPSA) is 91.8 Å². The van der Waals surface area contributed by atoms with Gasteiger partial charge in [-0.05, 0) is 18.8 Å². The SMILES string of the molecule is CC(C)CCN(CCC(=O)N(C)C1CCS(=O)(=O)C1)S(C)(=O)=O. The lowest BCUT2D eigenvalue weighted by Gasteiger charge is -2.25. The van der Waals surface area contributed by atoms with Gasteiger partial charge in [0.25, 0.3) is 0 Å². The number of hydrogen-bond acceptors (Lipinski definition) is 5. The van der Waals surface area contributed by atoms with Gasteiger partial charge < -0.3 is 4.90 Å². The predicted octanol–water partition coefficient (Wildman–Crippen LogP) is 0.330. The molecule has 0 bridgehead atoms. The molecule has 1 heterocycles. The molecule has 1 rings (SSSR count). The van der Waals surface area contributed by atoms with Crippen molar-refractivity contribution in [2.45, 2.75) is 39.2 Å². The number of nitrogens with zero attached hydrogens (tertiary/aromatic N) is 2. The Morgan fingerprint density at radius 2 is 1.87 bits per heavy atom. The van der Waals surface area contributed by atoms with E-state index in [1.807, 2.05) is 13.8 Å². The summed E-state index contributed by atoms with van der Waals surface area (Å²) in [7, 11) is -4.81. The van der Waals surface area contributed by atoms with Gasteiger partial charge >= 0.3 is 0 Å². The van der Waals surface area contributed by atoms with Crippen molar-refractivity contribution in [2.75, 3.05) is 37.9 Å². The molecule has 7 nitrogen and oxygen atoms in total. The van der Waals surface area contributed by atoms with Crippen LogP contribution in [-0.2, 0) is 24.7 Å². The minimum absolute atomic E-state index is 0.00161. The number of sulfonamides is 1. The monoisotopic (exact) mass is 368 g/mol. The summed E-state index contributed by atoms with van der Waals surface area (Å²) >= 11 is 0. The molecule has 0 saturated carbocycles. The average Bonchev–Trinajstić information content (AvgIpc) is 2.75. The van der Waals surface area contributed by atoms with Crippen molar-refractivity contribution < 1.29 is 21.6 Å². The summed E-state index contributed by atoms with van der Waals surface area (Å²) in [6.07, 6.45) is 2.40. The summed E-state index contributed by atoms with van der Waals surface area (Å²) < 4.78 is 47.9. The Morgan fingerprint density at radius 1 is 1.26 bits per heavy atom. The molecule has 1 atom stereocenters. The van der Waals surface area contributed by atoms with Crippen molar-refractivity contribution in [3.63, 3.8) is 0 Å². The Kier molecular flexibility index (Phi) is 7.03. The van der Waals surface area contributed by atoms with Gasteiger partial charge in [0.1, 0.15) is 0 Å². The van der Waals surface area contributed by atoms with Crippen LogP contribution in [0.2, 0.25) is 0 Å². The van der Waals surface area contributed by atoms with Crippen LogP contribution in [0.1, 0.15) is 33.1 Å². The Bertz CT molecular complexity index is 613. The maximum atomic E-state index is 12.2. The normalized spacial score (nSPS) is 21.0. The summed E-state index contributed by atoms with van der Waals surface area (Å²) in [5.41, 5.74) is 0. The highest BCUT2D eigenvalue weighted by Gasteiger charge is 2.32. The lowest BCUT2D eigenvalue weighted by Crippen LogP contribution is -2.40. The zero-order valence-electron chi connectivity index (χ0n) is 14.4. The number of amides is 1. The van der Waals surface area contributed by atoms with E-state index in [2.05, 4.69) is 0 Å². The van der Waals surface area contributed by atoms with Crippen LogP contribution in [0.15, 0.2) is 0 Å². The Labute approximate surface area is 140 Å². The lowest BCUT2D eigenvalue weighted by atomic mass is 10.1. The first-order chi connectivity index (χ1) is 10.4. The van der Waals surface area contributed by atoms with Gasteiger partial charge in [0, 0.05) is 32.6 Å². The number of sulfone groups is 1. The molecule has 1 amide bonds. The lowest BCUT2D eigenvalue weighted by molar-refractivity contribution is -0.131. The highest BCUT2D eigenvalue weighted by atomic mass is 32.2. The van der Waals surface area contributed by atoms with E-state index in [1.165, 1.54) is 9.21 Å². The minimum Gasteiger partial charge on any atom is -0.342 e. The second kappa shape index (κ2) is 7.94. The fourth-order valence-corrected chi connectivity index (χ4v) is 5.16.